The smallest absolute Gasteiger partial charge is 0 e. The van der Waals surface area contributed by atoms with Crippen LogP contribution in [0.15, 0.2) is 24.3 Å². The molecule has 1 N–H and O–H groups in total. The second kappa shape index (κ2) is 7.32. The van der Waals surface area contributed by atoms with Crippen molar-refractivity contribution in [3.05, 3.63) is 35.9 Å². The van der Waals surface area contributed by atoms with Gasteiger partial charge in [0.25, 0.3) is 0 Å². The van der Waals surface area contributed by atoms with Crippen LogP contribution in [0.5, 0.6) is 0 Å². The number of carbonyl (C=O) groups is 1. The van der Waals surface area contributed by atoms with Gasteiger partial charge in [0, 0.05) is 32.7 Å². The fourth-order valence-corrected chi connectivity index (χ4v) is 0.529. The van der Waals surface area contributed by atoms with Crippen LogP contribution in [0.2, 0.25) is 0 Å². The van der Waals surface area contributed by atoms with Crippen LogP contribution in [-0.2, 0) is 32.7 Å². The maximum absolute atomic E-state index is 10.2. The van der Waals surface area contributed by atoms with Crippen molar-refractivity contribution in [2.24, 2.45) is 0 Å². The Hall–Kier alpha value is 0.664. The van der Waals surface area contributed by atoms with Crippen LogP contribution in [0.1, 0.15) is 10.4 Å². The Labute approximate surface area is 109 Å². The van der Waals surface area contributed by atoms with Gasteiger partial charge in [-0.1, -0.05) is 0 Å². The molecule has 1 aromatic rings. The second-order valence-electron chi connectivity index (χ2n) is 1.59. The van der Waals surface area contributed by atoms with Crippen LogP contribution in [0.3, 0.4) is 0 Å². The molecule has 0 heterocycles. The average Bonchev–Trinajstić information content (AvgIpc) is 1.90. The van der Waals surface area contributed by atoms with Gasteiger partial charge >= 0.3 is 31.8 Å². The molecule has 0 saturated heterocycles. The maximum Gasteiger partial charge on any atom is 0 e. The summed E-state index contributed by atoms with van der Waals surface area (Å²) in [7, 11) is 0. The van der Waals surface area contributed by atoms with Crippen LogP contribution in [0.25, 0.3) is 0 Å². The molecule has 55 valence electrons. The van der Waals surface area contributed by atoms with Crippen LogP contribution >= 0.6 is 0 Å². The van der Waals surface area contributed by atoms with Gasteiger partial charge in [0.15, 0.2) is 0 Å². The van der Waals surface area contributed by atoms with Crippen molar-refractivity contribution in [1.29, 1.82) is 0 Å². The van der Waals surface area contributed by atoms with Gasteiger partial charge in [0.2, 0.25) is 0 Å². The fraction of sp³-hybridized carbons (Fsp3) is 0. The molecule has 0 aliphatic heterocycles. The van der Waals surface area contributed by atoms with E-state index in [1.165, 1.54) is 12.1 Å². The van der Waals surface area contributed by atoms with Crippen LogP contribution in [0.4, 0.5) is 0 Å². The summed E-state index contributed by atoms with van der Waals surface area (Å²) in [6, 6.07) is 8.87. The topological polar surface area (TPSA) is 37.3 Å². The first-order valence-corrected chi connectivity index (χ1v) is 2.50. The Kier molecular flexibility index (Phi) is 9.45. The number of benzene rings is 1. The predicted octanol–water partition coefficient (Wildman–Crippen LogP) is -0.00141. The normalized spacial score (nSPS) is 7.27. The van der Waals surface area contributed by atoms with Gasteiger partial charge < -0.3 is 5.11 Å². The molecule has 0 spiro atoms. The number of carboxylic acid groups (broad SMARTS) is 1. The van der Waals surface area contributed by atoms with E-state index in [4.69, 9.17) is 5.11 Å². The molecule has 0 bridgehead atoms. The summed E-state index contributed by atoms with van der Waals surface area (Å²) in [5.74, 6) is -0.899. The summed E-state index contributed by atoms with van der Waals surface area (Å²) in [6.45, 7) is 0. The quantitative estimate of drug-likeness (QED) is 0.737. The Bertz CT molecular complexity index is 213. The molecule has 0 atom stereocenters. The number of hydrogen-bond acceptors (Lipinski definition) is 1. The van der Waals surface area contributed by atoms with Crippen molar-refractivity contribution in [2.45, 2.75) is 0 Å². The Morgan fingerprint density at radius 1 is 1.36 bits per heavy atom. The largest absolute Gasteiger partial charge is 0 e. The number of aromatic carboxylic acids is 1. The molecule has 0 saturated carbocycles. The number of hydrogen-bond donors (Lipinski definition) is 1. The van der Waals surface area contributed by atoms with E-state index in [0.29, 0.717) is 5.56 Å². The standard InChI is InChI=1S/C7H5O2.In.Y.3H/c8-7(9)6-4-2-1-3-5-6;;;;;/h2-5H,(H,8,9);;;;;/q-1;;;;;. The Balaban J connectivity index is 0. The zero-order valence-corrected chi connectivity index (χ0v) is 8.08. The van der Waals surface area contributed by atoms with Crippen molar-refractivity contribution in [3.8, 4) is 0 Å². The van der Waals surface area contributed by atoms with Crippen LogP contribution < -0.4 is 0 Å². The number of rotatable bonds is 1. The van der Waals surface area contributed by atoms with Gasteiger partial charge in [-0.05, 0) is 5.56 Å². The first kappa shape index (κ1) is 14.2. The summed E-state index contributed by atoms with van der Waals surface area (Å²) >= 11 is 0. The third kappa shape index (κ3) is 4.99. The molecule has 0 aromatic heterocycles. The monoisotopic (exact) mass is 328 g/mol. The van der Waals surface area contributed by atoms with Crippen molar-refractivity contribution in [2.75, 3.05) is 0 Å². The van der Waals surface area contributed by atoms with E-state index < -0.39 is 5.97 Å². The summed E-state index contributed by atoms with van der Waals surface area (Å²) in [5, 5.41) is 8.37. The zero-order chi connectivity index (χ0) is 6.69. The molecular weight excluding hydrogens is 320 g/mol. The summed E-state index contributed by atoms with van der Waals surface area (Å²) < 4.78 is 0. The average molecular weight is 328 g/mol. The van der Waals surface area contributed by atoms with Crippen molar-refractivity contribution < 1.29 is 42.6 Å². The summed E-state index contributed by atoms with van der Waals surface area (Å²) in [6.07, 6.45) is 0. The van der Waals surface area contributed by atoms with E-state index in [-0.39, 0.29) is 58.6 Å². The van der Waals surface area contributed by atoms with Crippen molar-refractivity contribution in [1.82, 2.24) is 0 Å². The molecule has 0 fully saturated rings. The van der Waals surface area contributed by atoms with Crippen LogP contribution in [-0.4, -0.2) is 36.9 Å². The Morgan fingerprint density at radius 3 is 2.09 bits per heavy atom. The van der Waals surface area contributed by atoms with Gasteiger partial charge in [0.1, 0.15) is 0 Å². The molecule has 1 radical (unpaired) electrons. The van der Waals surface area contributed by atoms with E-state index >= 15 is 0 Å². The van der Waals surface area contributed by atoms with Crippen LogP contribution in [0, 0.1) is 6.07 Å². The SMILES string of the molecule is O=C(O)c1cc[c-]cc1.[InH3].[Y]. The van der Waals surface area contributed by atoms with Gasteiger partial charge in [0.05, 0.1) is 0 Å². The zero-order valence-electron chi connectivity index (χ0n) is 5.24. The third-order valence-electron chi connectivity index (χ3n) is 0.965. The minimum atomic E-state index is -0.899. The van der Waals surface area contributed by atoms with Crippen molar-refractivity contribution >= 4 is 31.8 Å². The second-order valence-corrected chi connectivity index (χ2v) is 1.59. The molecule has 0 amide bonds. The van der Waals surface area contributed by atoms with Gasteiger partial charge in [-0.2, -0.15) is 30.3 Å². The molecule has 0 aliphatic carbocycles. The first-order valence-electron chi connectivity index (χ1n) is 2.50. The molecule has 0 aliphatic rings. The van der Waals surface area contributed by atoms with E-state index in [2.05, 4.69) is 6.07 Å². The molecule has 0 unspecified atom stereocenters. The minimum Gasteiger partial charge on any atom is 0 e. The predicted molar refractivity (Wildman–Crippen MR) is 42.2 cm³/mol. The molecule has 1 rings (SSSR count). The molecule has 4 heteroatoms. The van der Waals surface area contributed by atoms with E-state index in [9.17, 15) is 4.79 Å². The molecule has 11 heavy (non-hydrogen) atoms. The minimum absolute atomic E-state index is 0. The van der Waals surface area contributed by atoms with Crippen molar-refractivity contribution in [3.63, 3.8) is 0 Å². The molecule has 2 nitrogen and oxygen atoms in total. The van der Waals surface area contributed by atoms with Gasteiger partial charge in [-0.3, -0.25) is 0 Å². The summed E-state index contributed by atoms with van der Waals surface area (Å²) in [4.78, 5) is 10.2. The van der Waals surface area contributed by atoms with Gasteiger partial charge in [-0.15, -0.1) is 0 Å². The third-order valence-corrected chi connectivity index (χ3v) is 0.965. The molecule has 1 aromatic carbocycles. The number of carboxylic acids is 1. The van der Waals surface area contributed by atoms with E-state index in [1.807, 2.05) is 0 Å². The summed E-state index contributed by atoms with van der Waals surface area (Å²) in [5.41, 5.74) is 0.300. The maximum atomic E-state index is 10.2. The van der Waals surface area contributed by atoms with Gasteiger partial charge in [-0.25, -0.2) is 4.79 Å². The first-order chi connectivity index (χ1) is 4.30. The fourth-order valence-electron chi connectivity index (χ4n) is 0.529. The van der Waals surface area contributed by atoms with E-state index in [0.717, 1.165) is 0 Å². The van der Waals surface area contributed by atoms with E-state index in [1.54, 1.807) is 12.1 Å². The Morgan fingerprint density at radius 2 is 1.82 bits per heavy atom. The molecular formula is C7H8InO2Y-.